The van der Waals surface area contributed by atoms with Crippen LogP contribution < -0.4 is 0 Å². The van der Waals surface area contributed by atoms with Gasteiger partial charge in [0.2, 0.25) is 0 Å². The van der Waals surface area contributed by atoms with Crippen LogP contribution in [0.15, 0.2) is 12.7 Å². The fourth-order valence-corrected chi connectivity index (χ4v) is 0.410. The standard InChI is InChI=1S/C6H10O4/c1-2-4(8)6(10)5(9)3-7/h2,5-7,9-10H,1,3H2. The Morgan fingerprint density at radius 1 is 1.60 bits per heavy atom. The van der Waals surface area contributed by atoms with Crippen molar-refractivity contribution in [1.82, 2.24) is 0 Å². The van der Waals surface area contributed by atoms with Crippen molar-refractivity contribution in [3.05, 3.63) is 12.7 Å². The first-order chi connectivity index (χ1) is 4.63. The molecule has 0 aliphatic heterocycles. The van der Waals surface area contributed by atoms with Gasteiger partial charge in [0.15, 0.2) is 5.78 Å². The van der Waals surface area contributed by atoms with Gasteiger partial charge in [0.05, 0.1) is 6.61 Å². The lowest BCUT2D eigenvalue weighted by Crippen LogP contribution is -2.35. The lowest BCUT2D eigenvalue weighted by atomic mass is 10.1. The minimum atomic E-state index is -1.55. The second-order valence-corrected chi connectivity index (χ2v) is 1.80. The molecule has 0 bridgehead atoms. The van der Waals surface area contributed by atoms with Crippen LogP contribution in [0.2, 0.25) is 0 Å². The summed E-state index contributed by atoms with van der Waals surface area (Å²) in [4.78, 5) is 10.5. The van der Waals surface area contributed by atoms with Gasteiger partial charge in [-0.15, -0.1) is 0 Å². The largest absolute Gasteiger partial charge is 0.394 e. The Kier molecular flexibility index (Phi) is 3.87. The van der Waals surface area contributed by atoms with Gasteiger partial charge in [-0.25, -0.2) is 0 Å². The van der Waals surface area contributed by atoms with E-state index in [1.807, 2.05) is 0 Å². The maximum Gasteiger partial charge on any atom is 0.186 e. The highest BCUT2D eigenvalue weighted by Crippen LogP contribution is 1.94. The van der Waals surface area contributed by atoms with Crippen LogP contribution in [0.5, 0.6) is 0 Å². The zero-order chi connectivity index (χ0) is 8.15. The van der Waals surface area contributed by atoms with Crippen LogP contribution in [0.3, 0.4) is 0 Å². The Balaban J connectivity index is 3.93. The topological polar surface area (TPSA) is 77.8 Å². The second kappa shape index (κ2) is 4.16. The fraction of sp³-hybridized carbons (Fsp3) is 0.500. The van der Waals surface area contributed by atoms with Gasteiger partial charge in [-0.05, 0) is 6.08 Å². The third-order valence-corrected chi connectivity index (χ3v) is 1.04. The number of carbonyl (C=O) groups is 1. The summed E-state index contributed by atoms with van der Waals surface area (Å²) in [6, 6.07) is 0. The average molecular weight is 146 g/mol. The number of rotatable bonds is 4. The summed E-state index contributed by atoms with van der Waals surface area (Å²) < 4.78 is 0. The first-order valence-corrected chi connectivity index (χ1v) is 2.76. The van der Waals surface area contributed by atoms with Gasteiger partial charge in [-0.1, -0.05) is 6.58 Å². The maximum absolute atomic E-state index is 10.5. The number of aliphatic hydroxyl groups is 3. The molecule has 2 unspecified atom stereocenters. The molecule has 0 rings (SSSR count). The van der Waals surface area contributed by atoms with Gasteiger partial charge < -0.3 is 15.3 Å². The van der Waals surface area contributed by atoms with Crippen LogP contribution in [-0.2, 0) is 4.79 Å². The SMILES string of the molecule is C=CC(=O)C(O)C(O)CO. The highest BCUT2D eigenvalue weighted by atomic mass is 16.4. The molecule has 0 fully saturated rings. The number of ketones is 1. The molecule has 4 heteroatoms. The molecule has 4 nitrogen and oxygen atoms in total. The van der Waals surface area contributed by atoms with E-state index in [1.165, 1.54) is 0 Å². The van der Waals surface area contributed by atoms with Gasteiger partial charge in [0.25, 0.3) is 0 Å². The van der Waals surface area contributed by atoms with Crippen molar-refractivity contribution in [3.8, 4) is 0 Å². The molecule has 0 saturated carbocycles. The number of hydrogen-bond acceptors (Lipinski definition) is 4. The van der Waals surface area contributed by atoms with Crippen LogP contribution in [-0.4, -0.2) is 39.9 Å². The summed E-state index contributed by atoms with van der Waals surface area (Å²) in [5, 5.41) is 25.7. The van der Waals surface area contributed by atoms with Crippen LogP contribution in [0, 0.1) is 0 Å². The van der Waals surface area contributed by atoms with E-state index in [-0.39, 0.29) is 0 Å². The lowest BCUT2D eigenvalue weighted by molar-refractivity contribution is -0.129. The smallest absolute Gasteiger partial charge is 0.186 e. The Bertz CT molecular complexity index is 132. The predicted molar refractivity (Wildman–Crippen MR) is 34.3 cm³/mol. The third-order valence-electron chi connectivity index (χ3n) is 1.04. The van der Waals surface area contributed by atoms with E-state index in [0.29, 0.717) is 0 Å². The molecule has 3 N–H and O–H groups in total. The summed E-state index contributed by atoms with van der Waals surface area (Å²) in [5.74, 6) is -0.693. The molecule has 0 radical (unpaired) electrons. The van der Waals surface area contributed by atoms with Crippen molar-refractivity contribution in [1.29, 1.82) is 0 Å². The highest BCUT2D eigenvalue weighted by Gasteiger charge is 2.20. The summed E-state index contributed by atoms with van der Waals surface area (Å²) in [7, 11) is 0. The first kappa shape index (κ1) is 9.29. The molecule has 0 saturated heterocycles. The quantitative estimate of drug-likeness (QED) is 0.420. The summed E-state index contributed by atoms with van der Waals surface area (Å²) >= 11 is 0. The van der Waals surface area contributed by atoms with Gasteiger partial charge in [0, 0.05) is 0 Å². The Labute approximate surface area is 58.4 Å². The molecule has 0 aromatic carbocycles. The normalized spacial score (nSPS) is 15.9. The number of carbonyl (C=O) groups excluding carboxylic acids is 1. The van der Waals surface area contributed by atoms with E-state index in [0.717, 1.165) is 6.08 Å². The Hall–Kier alpha value is -0.710. The maximum atomic E-state index is 10.5. The molecule has 10 heavy (non-hydrogen) atoms. The molecule has 0 aromatic heterocycles. The van der Waals surface area contributed by atoms with Crippen molar-refractivity contribution in [2.24, 2.45) is 0 Å². The minimum Gasteiger partial charge on any atom is -0.394 e. The van der Waals surface area contributed by atoms with E-state index >= 15 is 0 Å². The molecular formula is C6H10O4. The van der Waals surface area contributed by atoms with Gasteiger partial charge in [0.1, 0.15) is 12.2 Å². The number of aliphatic hydroxyl groups excluding tert-OH is 3. The Morgan fingerprint density at radius 2 is 2.10 bits per heavy atom. The van der Waals surface area contributed by atoms with E-state index in [4.69, 9.17) is 15.3 Å². The van der Waals surface area contributed by atoms with E-state index in [2.05, 4.69) is 6.58 Å². The fourth-order valence-electron chi connectivity index (χ4n) is 0.410. The molecule has 2 atom stereocenters. The average Bonchev–Trinajstić information content (AvgIpc) is 2.00. The predicted octanol–water partition coefficient (Wildman–Crippen LogP) is -1.54. The molecule has 0 aromatic rings. The van der Waals surface area contributed by atoms with Crippen molar-refractivity contribution >= 4 is 5.78 Å². The van der Waals surface area contributed by atoms with E-state index in [1.54, 1.807) is 0 Å². The molecule has 0 aliphatic rings. The number of hydrogen-bond donors (Lipinski definition) is 3. The van der Waals surface area contributed by atoms with Crippen LogP contribution in [0.4, 0.5) is 0 Å². The summed E-state index contributed by atoms with van der Waals surface area (Å²) in [5.41, 5.74) is 0. The molecule has 0 aliphatic carbocycles. The summed E-state index contributed by atoms with van der Waals surface area (Å²) in [6.45, 7) is 2.46. The van der Waals surface area contributed by atoms with Crippen molar-refractivity contribution in [2.45, 2.75) is 12.2 Å². The molecule has 0 spiro atoms. The van der Waals surface area contributed by atoms with E-state index < -0.39 is 24.6 Å². The van der Waals surface area contributed by atoms with Crippen molar-refractivity contribution in [3.63, 3.8) is 0 Å². The molecular weight excluding hydrogens is 136 g/mol. The zero-order valence-electron chi connectivity index (χ0n) is 5.40. The van der Waals surface area contributed by atoms with E-state index in [9.17, 15) is 4.79 Å². The van der Waals surface area contributed by atoms with Gasteiger partial charge in [-0.2, -0.15) is 0 Å². The van der Waals surface area contributed by atoms with Gasteiger partial charge in [-0.3, -0.25) is 4.79 Å². The minimum absolute atomic E-state index is 0.638. The molecule has 58 valence electrons. The van der Waals surface area contributed by atoms with Crippen LogP contribution in [0.25, 0.3) is 0 Å². The zero-order valence-corrected chi connectivity index (χ0v) is 5.40. The second-order valence-electron chi connectivity index (χ2n) is 1.80. The lowest BCUT2D eigenvalue weighted by Gasteiger charge is -2.11. The first-order valence-electron chi connectivity index (χ1n) is 2.76. The van der Waals surface area contributed by atoms with Crippen LogP contribution in [0.1, 0.15) is 0 Å². The highest BCUT2D eigenvalue weighted by molar-refractivity contribution is 5.93. The summed E-state index contributed by atoms with van der Waals surface area (Å²) in [6.07, 6.45) is -2.07. The molecule has 0 heterocycles. The van der Waals surface area contributed by atoms with Gasteiger partial charge >= 0.3 is 0 Å². The third kappa shape index (κ3) is 2.26. The molecule has 0 amide bonds. The monoisotopic (exact) mass is 146 g/mol. The van der Waals surface area contributed by atoms with Crippen molar-refractivity contribution < 1.29 is 20.1 Å². The van der Waals surface area contributed by atoms with Crippen LogP contribution >= 0.6 is 0 Å². The van der Waals surface area contributed by atoms with Crippen molar-refractivity contribution in [2.75, 3.05) is 6.61 Å². The Morgan fingerprint density at radius 3 is 2.40 bits per heavy atom.